The van der Waals surface area contributed by atoms with Gasteiger partial charge in [-0.15, -0.1) is 0 Å². The molecule has 4 nitrogen and oxygen atoms in total. The van der Waals surface area contributed by atoms with Gasteiger partial charge in [0.15, 0.2) is 0 Å². The summed E-state index contributed by atoms with van der Waals surface area (Å²) >= 11 is 0. The third-order valence-corrected chi connectivity index (χ3v) is 4.86. The fraction of sp³-hybridized carbons (Fsp3) is 0.333. The van der Waals surface area contributed by atoms with Crippen molar-refractivity contribution in [3.8, 4) is 0 Å². The number of anilines is 1. The fourth-order valence-electron chi connectivity index (χ4n) is 3.42. The number of fused-ring (bicyclic) bond motifs is 1. The van der Waals surface area contributed by atoms with Crippen molar-refractivity contribution >= 4 is 17.5 Å². The predicted molar refractivity (Wildman–Crippen MR) is 99.2 cm³/mol. The van der Waals surface area contributed by atoms with Crippen molar-refractivity contribution in [1.29, 1.82) is 0 Å². The summed E-state index contributed by atoms with van der Waals surface area (Å²) in [5, 5.41) is 5.98. The van der Waals surface area contributed by atoms with Crippen LogP contribution in [0.3, 0.4) is 0 Å². The minimum absolute atomic E-state index is 0.0117. The van der Waals surface area contributed by atoms with E-state index in [-0.39, 0.29) is 23.8 Å². The molecule has 0 fully saturated rings. The second-order valence-corrected chi connectivity index (χ2v) is 6.73. The molecule has 2 aromatic carbocycles. The lowest BCUT2D eigenvalue weighted by molar-refractivity contribution is -0.123. The minimum Gasteiger partial charge on any atom is -0.350 e. The number of benzene rings is 2. The molecule has 3 rings (SSSR count). The molecule has 2 amide bonds. The molecule has 1 aliphatic rings. The van der Waals surface area contributed by atoms with Gasteiger partial charge in [0, 0.05) is 18.0 Å². The maximum Gasteiger partial charge on any atom is 0.227 e. The molecule has 2 aromatic rings. The van der Waals surface area contributed by atoms with Gasteiger partial charge in [-0.05, 0) is 49.4 Å². The van der Waals surface area contributed by atoms with Crippen molar-refractivity contribution in [2.45, 2.75) is 39.2 Å². The Morgan fingerprint density at radius 1 is 1.20 bits per heavy atom. The summed E-state index contributed by atoms with van der Waals surface area (Å²) in [6, 6.07) is 15.9. The third kappa shape index (κ3) is 4.08. The third-order valence-electron chi connectivity index (χ3n) is 4.86. The summed E-state index contributed by atoms with van der Waals surface area (Å²) in [5.74, 6) is -0.143. The number of carbonyl (C=O) groups is 2. The van der Waals surface area contributed by atoms with Crippen molar-refractivity contribution in [2.75, 3.05) is 5.32 Å². The standard InChI is InChI=1S/C21H24N2O2/c1-14-7-3-5-9-18(14)15(2)22-20(24)12-11-17-13-16-8-4-6-10-19(16)23-21(17)25/h3-10,15,17H,11-13H2,1-2H3,(H,22,24)(H,23,25). The van der Waals surface area contributed by atoms with E-state index in [2.05, 4.69) is 10.6 Å². The van der Waals surface area contributed by atoms with E-state index in [9.17, 15) is 9.59 Å². The highest BCUT2D eigenvalue weighted by molar-refractivity contribution is 5.96. The maximum atomic E-state index is 12.3. The largest absolute Gasteiger partial charge is 0.350 e. The van der Waals surface area contributed by atoms with Crippen LogP contribution in [0.25, 0.3) is 0 Å². The van der Waals surface area contributed by atoms with Crippen LogP contribution in [0.5, 0.6) is 0 Å². The summed E-state index contributed by atoms with van der Waals surface area (Å²) < 4.78 is 0. The lowest BCUT2D eigenvalue weighted by Crippen LogP contribution is -2.32. The normalized spacial score (nSPS) is 17.4. The van der Waals surface area contributed by atoms with Gasteiger partial charge in [0.25, 0.3) is 0 Å². The monoisotopic (exact) mass is 336 g/mol. The quantitative estimate of drug-likeness (QED) is 0.873. The predicted octanol–water partition coefficient (Wildman–Crippen LogP) is 3.76. The van der Waals surface area contributed by atoms with Crippen LogP contribution in [0, 0.1) is 12.8 Å². The molecule has 0 bridgehead atoms. The topological polar surface area (TPSA) is 58.2 Å². The van der Waals surface area contributed by atoms with Crippen molar-refractivity contribution in [2.24, 2.45) is 5.92 Å². The molecule has 0 spiro atoms. The van der Waals surface area contributed by atoms with Crippen molar-refractivity contribution in [3.05, 3.63) is 65.2 Å². The summed E-state index contributed by atoms with van der Waals surface area (Å²) in [4.78, 5) is 24.5. The Morgan fingerprint density at radius 2 is 1.92 bits per heavy atom. The van der Waals surface area contributed by atoms with E-state index in [1.54, 1.807) is 0 Å². The zero-order valence-corrected chi connectivity index (χ0v) is 14.7. The van der Waals surface area contributed by atoms with Crippen molar-refractivity contribution in [1.82, 2.24) is 5.32 Å². The number of hydrogen-bond donors (Lipinski definition) is 2. The number of nitrogens with one attached hydrogen (secondary N) is 2. The number of amides is 2. The first-order valence-electron chi connectivity index (χ1n) is 8.78. The zero-order chi connectivity index (χ0) is 17.8. The van der Waals surface area contributed by atoms with E-state index in [0.717, 1.165) is 16.8 Å². The lowest BCUT2D eigenvalue weighted by Gasteiger charge is -2.24. The highest BCUT2D eigenvalue weighted by Gasteiger charge is 2.26. The Kier molecular flexibility index (Phi) is 5.17. The van der Waals surface area contributed by atoms with Crippen LogP contribution in [0.1, 0.15) is 42.5 Å². The average molecular weight is 336 g/mol. The van der Waals surface area contributed by atoms with Crippen LogP contribution in [-0.2, 0) is 16.0 Å². The molecule has 2 unspecified atom stereocenters. The second-order valence-electron chi connectivity index (χ2n) is 6.73. The van der Waals surface area contributed by atoms with E-state index < -0.39 is 0 Å². The molecule has 1 heterocycles. The number of para-hydroxylation sites is 1. The highest BCUT2D eigenvalue weighted by Crippen LogP contribution is 2.27. The summed E-state index contributed by atoms with van der Waals surface area (Å²) in [6.45, 7) is 4.03. The van der Waals surface area contributed by atoms with E-state index >= 15 is 0 Å². The zero-order valence-electron chi connectivity index (χ0n) is 14.7. The Bertz CT molecular complexity index is 785. The van der Waals surface area contributed by atoms with Gasteiger partial charge < -0.3 is 10.6 Å². The molecule has 4 heteroatoms. The first kappa shape index (κ1) is 17.2. The Balaban J connectivity index is 1.54. The van der Waals surface area contributed by atoms with Gasteiger partial charge in [-0.25, -0.2) is 0 Å². The average Bonchev–Trinajstić information content (AvgIpc) is 2.60. The molecule has 0 aliphatic carbocycles. The van der Waals surface area contributed by atoms with Crippen LogP contribution < -0.4 is 10.6 Å². The smallest absolute Gasteiger partial charge is 0.227 e. The van der Waals surface area contributed by atoms with Crippen LogP contribution in [0.4, 0.5) is 5.69 Å². The summed E-state index contributed by atoms with van der Waals surface area (Å²) in [7, 11) is 0. The molecular formula is C21H24N2O2. The SMILES string of the molecule is Cc1ccccc1C(C)NC(=O)CCC1Cc2ccccc2NC1=O. The van der Waals surface area contributed by atoms with Crippen molar-refractivity contribution in [3.63, 3.8) is 0 Å². The molecule has 2 N–H and O–H groups in total. The minimum atomic E-state index is -0.144. The second kappa shape index (κ2) is 7.51. The number of aryl methyl sites for hydroxylation is 1. The molecule has 1 aliphatic heterocycles. The molecule has 2 atom stereocenters. The Hall–Kier alpha value is -2.62. The van der Waals surface area contributed by atoms with E-state index in [1.807, 2.05) is 62.4 Å². The molecule has 0 saturated heterocycles. The molecule has 0 radical (unpaired) electrons. The Morgan fingerprint density at radius 3 is 2.72 bits per heavy atom. The van der Waals surface area contributed by atoms with E-state index in [1.165, 1.54) is 5.56 Å². The maximum absolute atomic E-state index is 12.3. The van der Waals surface area contributed by atoms with E-state index in [0.29, 0.717) is 19.3 Å². The summed E-state index contributed by atoms with van der Waals surface area (Å²) in [6.07, 6.45) is 1.62. The lowest BCUT2D eigenvalue weighted by atomic mass is 9.89. The number of rotatable bonds is 5. The highest BCUT2D eigenvalue weighted by atomic mass is 16.2. The van der Waals surface area contributed by atoms with Gasteiger partial charge in [0.05, 0.1) is 6.04 Å². The molecule has 0 aromatic heterocycles. The molecular weight excluding hydrogens is 312 g/mol. The van der Waals surface area contributed by atoms with Gasteiger partial charge >= 0.3 is 0 Å². The van der Waals surface area contributed by atoms with E-state index in [4.69, 9.17) is 0 Å². The fourth-order valence-corrected chi connectivity index (χ4v) is 3.42. The molecule has 0 saturated carbocycles. The van der Waals surface area contributed by atoms with Crippen LogP contribution in [0.15, 0.2) is 48.5 Å². The molecule has 25 heavy (non-hydrogen) atoms. The number of hydrogen-bond acceptors (Lipinski definition) is 2. The molecule has 130 valence electrons. The van der Waals surface area contributed by atoms with Gasteiger partial charge in [0.1, 0.15) is 0 Å². The first-order chi connectivity index (χ1) is 12.0. The van der Waals surface area contributed by atoms with Crippen molar-refractivity contribution < 1.29 is 9.59 Å². The van der Waals surface area contributed by atoms with Gasteiger partial charge in [-0.1, -0.05) is 42.5 Å². The van der Waals surface area contributed by atoms with Crippen LogP contribution in [-0.4, -0.2) is 11.8 Å². The van der Waals surface area contributed by atoms with Gasteiger partial charge in [0.2, 0.25) is 11.8 Å². The van der Waals surface area contributed by atoms with Crippen LogP contribution >= 0.6 is 0 Å². The van der Waals surface area contributed by atoms with Gasteiger partial charge in [-0.2, -0.15) is 0 Å². The first-order valence-corrected chi connectivity index (χ1v) is 8.78. The number of carbonyl (C=O) groups excluding carboxylic acids is 2. The van der Waals surface area contributed by atoms with Gasteiger partial charge in [-0.3, -0.25) is 9.59 Å². The Labute approximate surface area is 148 Å². The summed E-state index contributed by atoms with van der Waals surface area (Å²) in [5.41, 5.74) is 4.32. The van der Waals surface area contributed by atoms with Crippen LogP contribution in [0.2, 0.25) is 0 Å².